The van der Waals surface area contributed by atoms with Gasteiger partial charge in [-0.2, -0.15) is 0 Å². The van der Waals surface area contributed by atoms with E-state index in [-0.39, 0.29) is 41.5 Å². The summed E-state index contributed by atoms with van der Waals surface area (Å²) in [7, 11) is 1.39. The molecule has 7 nitrogen and oxygen atoms in total. The molecular formula is C33H32O7. The number of esters is 1. The first-order chi connectivity index (χ1) is 19.4. The molecule has 3 aromatic rings. The van der Waals surface area contributed by atoms with Crippen LogP contribution < -0.4 is 9.47 Å². The monoisotopic (exact) mass is 540 g/mol. The van der Waals surface area contributed by atoms with Crippen LogP contribution in [0.1, 0.15) is 77.6 Å². The van der Waals surface area contributed by atoms with Gasteiger partial charge in [0, 0.05) is 30.4 Å². The molecule has 1 fully saturated rings. The predicted molar refractivity (Wildman–Crippen MR) is 148 cm³/mol. The van der Waals surface area contributed by atoms with Crippen molar-refractivity contribution in [2.75, 3.05) is 7.11 Å². The minimum absolute atomic E-state index is 0.0438. The topological polar surface area (TPSA) is 91.3 Å². The number of benzene rings is 3. The Morgan fingerprint density at radius 2 is 1.88 bits per heavy atom. The van der Waals surface area contributed by atoms with Gasteiger partial charge in [-0.05, 0) is 36.5 Å². The Kier molecular flexibility index (Phi) is 7.07. The van der Waals surface area contributed by atoms with E-state index in [2.05, 4.69) is 0 Å². The smallest absolute Gasteiger partial charge is 0.305 e. The minimum Gasteiger partial charge on any atom is -0.507 e. The van der Waals surface area contributed by atoms with E-state index in [1.54, 1.807) is 0 Å². The molecule has 3 aromatic carbocycles. The molecule has 206 valence electrons. The number of ketones is 1. The van der Waals surface area contributed by atoms with Crippen molar-refractivity contribution in [1.29, 1.82) is 0 Å². The zero-order valence-electron chi connectivity index (χ0n) is 22.4. The van der Waals surface area contributed by atoms with Crippen LogP contribution in [0.4, 0.5) is 0 Å². The van der Waals surface area contributed by atoms with Crippen LogP contribution in [0, 0.1) is 0 Å². The summed E-state index contributed by atoms with van der Waals surface area (Å²) in [5.74, 6) is -0.807. The molecule has 0 saturated carbocycles. The van der Waals surface area contributed by atoms with Crippen LogP contribution >= 0.6 is 0 Å². The van der Waals surface area contributed by atoms with E-state index in [1.165, 1.54) is 13.2 Å². The second kappa shape index (κ2) is 10.8. The van der Waals surface area contributed by atoms with Crippen molar-refractivity contribution in [3.8, 4) is 17.2 Å². The number of rotatable bonds is 7. The van der Waals surface area contributed by atoms with E-state index < -0.39 is 11.9 Å². The van der Waals surface area contributed by atoms with Gasteiger partial charge >= 0.3 is 5.97 Å². The molecule has 0 spiro atoms. The van der Waals surface area contributed by atoms with Gasteiger partial charge in [-0.25, -0.2) is 0 Å². The highest BCUT2D eigenvalue weighted by Gasteiger charge is 2.50. The normalized spacial score (nSPS) is 24.9. The van der Waals surface area contributed by atoms with Gasteiger partial charge in [0.1, 0.15) is 28.9 Å². The lowest BCUT2D eigenvalue weighted by molar-refractivity contribution is -0.220. The maximum Gasteiger partial charge on any atom is 0.305 e. The fourth-order valence-corrected chi connectivity index (χ4v) is 6.08. The van der Waals surface area contributed by atoms with Crippen LogP contribution in [0.3, 0.4) is 0 Å². The Labute approximate surface area is 233 Å². The second-order valence-corrected chi connectivity index (χ2v) is 10.7. The fourth-order valence-electron chi connectivity index (χ4n) is 6.08. The molecule has 40 heavy (non-hydrogen) atoms. The molecule has 6 rings (SSSR count). The highest BCUT2D eigenvalue weighted by molar-refractivity contribution is 6.03. The first-order valence-electron chi connectivity index (χ1n) is 13.8. The lowest BCUT2D eigenvalue weighted by Crippen LogP contribution is -2.49. The third-order valence-electron chi connectivity index (χ3n) is 7.94. The standard InChI is InChI=1S/C33H32O7/c1-37-29(36)14-8-13-24-17-23-20-33(39-24,16-15-21-9-4-2-5-10-21)40-28-19-26(35)31-25(34)18-27(38-32(31)30(23)28)22-11-6-3-7-12-22/h2-7,9-12,15-16,19,23-24,27,35H,8,13-14,17-18,20H2,1H3/b16-15+/t23-,24-,27+,33-/m1/s1. The van der Waals surface area contributed by atoms with Gasteiger partial charge in [-0.3, -0.25) is 9.59 Å². The Morgan fingerprint density at radius 3 is 2.62 bits per heavy atom. The molecule has 0 amide bonds. The first kappa shape index (κ1) is 26.1. The number of ether oxygens (including phenoxy) is 4. The van der Waals surface area contributed by atoms with Crippen molar-refractivity contribution in [3.05, 3.63) is 95.1 Å². The number of hydrogen-bond acceptors (Lipinski definition) is 7. The van der Waals surface area contributed by atoms with E-state index in [4.69, 9.17) is 18.9 Å². The Hall–Kier alpha value is -4.10. The Bertz CT molecular complexity index is 1430. The van der Waals surface area contributed by atoms with Gasteiger partial charge in [0.15, 0.2) is 5.78 Å². The van der Waals surface area contributed by atoms with Crippen molar-refractivity contribution in [2.45, 2.75) is 62.4 Å². The number of carbonyl (C=O) groups excluding carboxylic acids is 2. The molecule has 1 saturated heterocycles. The molecule has 1 N–H and O–H groups in total. The fraction of sp³-hybridized carbons (Fsp3) is 0.333. The number of phenols is 1. The Balaban J connectivity index is 1.38. The van der Waals surface area contributed by atoms with Gasteiger partial charge in [0.25, 0.3) is 0 Å². The number of hydrogen-bond donors (Lipinski definition) is 1. The van der Waals surface area contributed by atoms with Gasteiger partial charge in [0.05, 0.1) is 19.6 Å². The molecule has 4 atom stereocenters. The molecular weight excluding hydrogens is 508 g/mol. The van der Waals surface area contributed by atoms with E-state index in [1.807, 2.05) is 72.8 Å². The lowest BCUT2D eigenvalue weighted by atomic mass is 9.78. The third kappa shape index (κ3) is 5.09. The van der Waals surface area contributed by atoms with Crippen LogP contribution in [0.5, 0.6) is 17.2 Å². The summed E-state index contributed by atoms with van der Waals surface area (Å²) in [6.45, 7) is 0. The summed E-state index contributed by atoms with van der Waals surface area (Å²) >= 11 is 0. The van der Waals surface area contributed by atoms with Crippen molar-refractivity contribution in [1.82, 2.24) is 0 Å². The van der Waals surface area contributed by atoms with E-state index in [0.717, 1.165) is 16.7 Å². The zero-order valence-corrected chi connectivity index (χ0v) is 22.4. The van der Waals surface area contributed by atoms with E-state index >= 15 is 0 Å². The average Bonchev–Trinajstić information content (AvgIpc) is 2.96. The summed E-state index contributed by atoms with van der Waals surface area (Å²) in [5, 5.41) is 11.0. The van der Waals surface area contributed by atoms with Crippen LogP contribution in [-0.4, -0.2) is 35.9 Å². The molecule has 3 heterocycles. The molecule has 0 aliphatic carbocycles. The first-order valence-corrected chi connectivity index (χ1v) is 13.8. The summed E-state index contributed by atoms with van der Waals surface area (Å²) in [6, 6.07) is 21.1. The second-order valence-electron chi connectivity index (χ2n) is 10.7. The lowest BCUT2D eigenvalue weighted by Gasteiger charge is -2.48. The number of aromatic hydroxyl groups is 1. The summed E-state index contributed by atoms with van der Waals surface area (Å²) in [5.41, 5.74) is 2.93. The van der Waals surface area contributed by atoms with Crippen molar-refractivity contribution in [3.63, 3.8) is 0 Å². The molecule has 0 aromatic heterocycles. The maximum absolute atomic E-state index is 13.3. The molecule has 0 unspecified atom stereocenters. The van der Waals surface area contributed by atoms with Crippen LogP contribution in [0.15, 0.2) is 72.8 Å². The number of methoxy groups -OCH3 is 1. The third-order valence-corrected chi connectivity index (χ3v) is 7.94. The average molecular weight is 541 g/mol. The van der Waals surface area contributed by atoms with Crippen LogP contribution in [-0.2, 0) is 14.3 Å². The predicted octanol–water partition coefficient (Wildman–Crippen LogP) is 6.51. The highest BCUT2D eigenvalue weighted by atomic mass is 16.7. The van der Waals surface area contributed by atoms with Crippen molar-refractivity contribution >= 4 is 17.8 Å². The SMILES string of the molecule is COC(=O)CCC[C@@H]1C[C@@H]2C[C@@](/C=C/c3ccccc3)(Oc3cc(O)c4c(c32)O[C@H](c2ccccc2)CC4=O)O1. The van der Waals surface area contributed by atoms with E-state index in [9.17, 15) is 14.7 Å². The number of Topliss-reactive ketones (excluding diaryl/α,β-unsaturated/α-hetero) is 1. The van der Waals surface area contributed by atoms with Gasteiger partial charge < -0.3 is 24.1 Å². The molecule has 2 bridgehead atoms. The molecule has 7 heteroatoms. The largest absolute Gasteiger partial charge is 0.507 e. The number of carbonyl (C=O) groups is 2. The molecule has 3 aliphatic rings. The number of fused-ring (bicyclic) bond motifs is 6. The van der Waals surface area contributed by atoms with Crippen LogP contribution in [0.25, 0.3) is 6.08 Å². The molecule has 0 radical (unpaired) electrons. The Morgan fingerprint density at radius 1 is 1.12 bits per heavy atom. The van der Waals surface area contributed by atoms with Gasteiger partial charge in [-0.1, -0.05) is 66.7 Å². The van der Waals surface area contributed by atoms with Crippen LogP contribution in [0.2, 0.25) is 0 Å². The minimum atomic E-state index is -1.07. The highest BCUT2D eigenvalue weighted by Crippen LogP contribution is 2.57. The van der Waals surface area contributed by atoms with E-state index in [0.29, 0.717) is 43.6 Å². The molecule has 3 aliphatic heterocycles. The summed E-state index contributed by atoms with van der Waals surface area (Å²) < 4.78 is 24.5. The maximum atomic E-state index is 13.3. The van der Waals surface area contributed by atoms with Gasteiger partial charge in [-0.15, -0.1) is 0 Å². The number of phenolic OH excluding ortho intramolecular Hbond substituents is 1. The van der Waals surface area contributed by atoms with Gasteiger partial charge in [0.2, 0.25) is 5.79 Å². The summed E-state index contributed by atoms with van der Waals surface area (Å²) in [6.07, 6.45) is 6.20. The van der Waals surface area contributed by atoms with Crippen molar-refractivity contribution in [2.24, 2.45) is 0 Å². The zero-order chi connectivity index (χ0) is 27.7. The summed E-state index contributed by atoms with van der Waals surface area (Å²) in [4.78, 5) is 25.0. The quantitative estimate of drug-likeness (QED) is 0.342. The van der Waals surface area contributed by atoms with Crippen molar-refractivity contribution < 1.29 is 33.6 Å².